The number of ether oxygens (including phenoxy) is 1. The highest BCUT2D eigenvalue weighted by Crippen LogP contribution is 2.33. The first-order valence-corrected chi connectivity index (χ1v) is 8.82. The van der Waals surface area contributed by atoms with Crippen molar-refractivity contribution in [2.45, 2.75) is 39.0 Å². The molecule has 3 aromatic heterocycles. The van der Waals surface area contributed by atoms with Crippen molar-refractivity contribution >= 4 is 16.9 Å². The van der Waals surface area contributed by atoms with E-state index in [1.807, 2.05) is 13.8 Å². The van der Waals surface area contributed by atoms with Crippen LogP contribution in [0.25, 0.3) is 11.1 Å². The highest BCUT2D eigenvalue weighted by Gasteiger charge is 2.29. The van der Waals surface area contributed by atoms with Gasteiger partial charge < -0.3 is 18.7 Å². The molecule has 0 spiro atoms. The molecule has 0 bridgehead atoms. The van der Waals surface area contributed by atoms with E-state index >= 15 is 0 Å². The van der Waals surface area contributed by atoms with Gasteiger partial charge in [-0.3, -0.25) is 0 Å². The second-order valence-electron chi connectivity index (χ2n) is 6.62. The van der Waals surface area contributed by atoms with Crippen LogP contribution in [0.3, 0.4) is 0 Å². The van der Waals surface area contributed by atoms with Crippen LogP contribution >= 0.6 is 0 Å². The fourth-order valence-electron chi connectivity index (χ4n) is 3.40. The summed E-state index contributed by atoms with van der Waals surface area (Å²) in [7, 11) is 1.66. The summed E-state index contributed by atoms with van der Waals surface area (Å²) >= 11 is 0. The smallest absolute Gasteiger partial charge is 0.263 e. The van der Waals surface area contributed by atoms with Gasteiger partial charge in [0, 0.05) is 26.6 Å². The molecule has 3 aromatic rings. The lowest BCUT2D eigenvalue weighted by Crippen LogP contribution is -2.35. The number of hydrogen-bond donors (Lipinski definition) is 0. The molecule has 1 fully saturated rings. The van der Waals surface area contributed by atoms with Crippen LogP contribution in [0.4, 0.5) is 5.82 Å². The van der Waals surface area contributed by atoms with Gasteiger partial charge in [0.05, 0.1) is 18.2 Å². The highest BCUT2D eigenvalue weighted by atomic mass is 16.5. The monoisotopic (exact) mass is 358 g/mol. The van der Waals surface area contributed by atoms with Crippen molar-refractivity contribution in [2.24, 2.45) is 0 Å². The lowest BCUT2D eigenvalue weighted by molar-refractivity contribution is 0.199. The first-order valence-electron chi connectivity index (χ1n) is 8.82. The Labute approximate surface area is 150 Å². The Morgan fingerprint density at radius 2 is 2.04 bits per heavy atom. The molecular formula is C17H22N6O3. The second-order valence-corrected chi connectivity index (χ2v) is 6.62. The summed E-state index contributed by atoms with van der Waals surface area (Å²) in [6.45, 7) is 6.04. The Bertz CT molecular complexity index is 905. The van der Waals surface area contributed by atoms with E-state index in [1.54, 1.807) is 7.11 Å². The quantitative estimate of drug-likeness (QED) is 0.679. The number of fused-ring (bicyclic) bond motifs is 1. The normalized spacial score (nSPS) is 18.0. The maximum absolute atomic E-state index is 5.50. The van der Waals surface area contributed by atoms with Crippen molar-refractivity contribution in [1.82, 2.24) is 25.3 Å². The number of nitrogens with zero attached hydrogens (tertiary/aromatic N) is 6. The number of piperidine rings is 1. The van der Waals surface area contributed by atoms with Gasteiger partial charge in [-0.1, -0.05) is 10.3 Å². The van der Waals surface area contributed by atoms with Crippen LogP contribution < -0.4 is 4.90 Å². The molecule has 0 radical (unpaired) electrons. The molecular weight excluding hydrogens is 336 g/mol. The van der Waals surface area contributed by atoms with Crippen LogP contribution in [-0.4, -0.2) is 52.1 Å². The number of methoxy groups -OCH3 is 1. The fraction of sp³-hybridized carbons (Fsp3) is 0.588. The lowest BCUT2D eigenvalue weighted by atomic mass is 9.97. The van der Waals surface area contributed by atoms with Gasteiger partial charge in [-0.25, -0.2) is 4.98 Å². The molecule has 0 aliphatic carbocycles. The molecule has 138 valence electrons. The summed E-state index contributed by atoms with van der Waals surface area (Å²) in [5.41, 5.74) is 1.34. The molecule has 1 aliphatic heterocycles. The molecule has 1 saturated heterocycles. The van der Waals surface area contributed by atoms with Crippen LogP contribution in [0.15, 0.2) is 9.05 Å². The zero-order valence-corrected chi connectivity index (χ0v) is 15.2. The SMILES string of the molecule is COCCc1noc([C@H]2CCCN(c3nc(C)nc4onc(C)c34)C2)n1. The standard InChI is InChI=1S/C17H22N6O3/c1-10-14-15(18-11(2)19-17(14)26-21-10)23-7-4-5-12(9-23)16-20-13(22-25-16)6-8-24-3/h12H,4-9H2,1-3H3/t12-/m0/s1. The number of rotatable bonds is 5. The van der Waals surface area contributed by atoms with Crippen molar-refractivity contribution in [1.29, 1.82) is 0 Å². The molecule has 1 atom stereocenters. The highest BCUT2D eigenvalue weighted by molar-refractivity contribution is 5.88. The van der Waals surface area contributed by atoms with Crippen molar-refractivity contribution in [3.63, 3.8) is 0 Å². The molecule has 0 N–H and O–H groups in total. The van der Waals surface area contributed by atoms with E-state index in [1.165, 1.54) is 0 Å². The molecule has 0 amide bonds. The van der Waals surface area contributed by atoms with Gasteiger partial charge >= 0.3 is 0 Å². The summed E-state index contributed by atoms with van der Waals surface area (Å²) < 4.78 is 15.9. The first-order chi connectivity index (χ1) is 12.7. The molecule has 0 saturated carbocycles. The summed E-state index contributed by atoms with van der Waals surface area (Å²) in [4.78, 5) is 15.8. The van der Waals surface area contributed by atoms with E-state index < -0.39 is 0 Å². The van der Waals surface area contributed by atoms with Gasteiger partial charge in [-0.2, -0.15) is 9.97 Å². The average Bonchev–Trinajstić information content (AvgIpc) is 3.27. The van der Waals surface area contributed by atoms with E-state index in [9.17, 15) is 0 Å². The maximum Gasteiger partial charge on any atom is 0.263 e. The molecule has 9 heteroatoms. The largest absolute Gasteiger partial charge is 0.384 e. The van der Waals surface area contributed by atoms with Crippen LogP contribution in [0, 0.1) is 13.8 Å². The van der Waals surface area contributed by atoms with E-state index in [2.05, 4.69) is 30.2 Å². The van der Waals surface area contributed by atoms with Gasteiger partial charge in [0.2, 0.25) is 5.89 Å². The van der Waals surface area contributed by atoms with Crippen molar-refractivity contribution in [3.8, 4) is 0 Å². The first kappa shape index (κ1) is 16.9. The van der Waals surface area contributed by atoms with E-state index in [-0.39, 0.29) is 5.92 Å². The lowest BCUT2D eigenvalue weighted by Gasteiger charge is -2.32. The van der Waals surface area contributed by atoms with Crippen LogP contribution in [0.2, 0.25) is 0 Å². The molecule has 4 rings (SSSR count). The summed E-state index contributed by atoms with van der Waals surface area (Å²) in [6, 6.07) is 0. The third kappa shape index (κ3) is 3.14. The maximum atomic E-state index is 5.50. The molecule has 0 aromatic carbocycles. The van der Waals surface area contributed by atoms with E-state index in [4.69, 9.17) is 13.8 Å². The van der Waals surface area contributed by atoms with Gasteiger partial charge in [0.15, 0.2) is 5.82 Å². The number of aryl methyl sites for hydroxylation is 2. The molecule has 26 heavy (non-hydrogen) atoms. The van der Waals surface area contributed by atoms with Crippen LogP contribution in [0.5, 0.6) is 0 Å². The van der Waals surface area contributed by atoms with E-state index in [0.717, 1.165) is 42.8 Å². The predicted molar refractivity (Wildman–Crippen MR) is 93.1 cm³/mol. The van der Waals surface area contributed by atoms with Gasteiger partial charge in [-0.05, 0) is 26.7 Å². The Kier molecular flexibility index (Phi) is 4.54. The number of aromatic nitrogens is 5. The van der Waals surface area contributed by atoms with Crippen molar-refractivity contribution in [3.05, 3.63) is 23.2 Å². The minimum absolute atomic E-state index is 0.179. The topological polar surface area (TPSA) is 103 Å². The predicted octanol–water partition coefficient (Wildman–Crippen LogP) is 2.19. The summed E-state index contributed by atoms with van der Waals surface area (Å²) in [6.07, 6.45) is 2.69. The van der Waals surface area contributed by atoms with Crippen LogP contribution in [-0.2, 0) is 11.2 Å². The summed E-state index contributed by atoms with van der Waals surface area (Å²) in [5.74, 6) is 3.09. The van der Waals surface area contributed by atoms with Crippen molar-refractivity contribution in [2.75, 3.05) is 31.7 Å². The molecule has 9 nitrogen and oxygen atoms in total. The number of anilines is 1. The zero-order valence-electron chi connectivity index (χ0n) is 15.2. The minimum Gasteiger partial charge on any atom is -0.384 e. The summed E-state index contributed by atoms with van der Waals surface area (Å²) in [5, 5.41) is 8.98. The minimum atomic E-state index is 0.179. The Balaban J connectivity index is 1.59. The zero-order chi connectivity index (χ0) is 18.1. The van der Waals surface area contributed by atoms with Gasteiger partial charge in [0.1, 0.15) is 17.0 Å². The van der Waals surface area contributed by atoms with Gasteiger partial charge in [0.25, 0.3) is 5.71 Å². The molecule has 1 aliphatic rings. The molecule has 0 unspecified atom stereocenters. The Morgan fingerprint density at radius 3 is 2.88 bits per heavy atom. The molecule has 4 heterocycles. The fourth-order valence-corrected chi connectivity index (χ4v) is 3.40. The van der Waals surface area contributed by atoms with Crippen molar-refractivity contribution < 1.29 is 13.8 Å². The second kappa shape index (κ2) is 6.99. The van der Waals surface area contributed by atoms with E-state index in [0.29, 0.717) is 36.3 Å². The Morgan fingerprint density at radius 1 is 1.15 bits per heavy atom. The third-order valence-corrected chi connectivity index (χ3v) is 4.68. The average molecular weight is 358 g/mol. The van der Waals surface area contributed by atoms with Crippen LogP contribution in [0.1, 0.15) is 42.0 Å². The Hall–Kier alpha value is -2.55. The number of hydrogen-bond acceptors (Lipinski definition) is 9. The third-order valence-electron chi connectivity index (χ3n) is 4.68. The van der Waals surface area contributed by atoms with Gasteiger partial charge in [-0.15, -0.1) is 0 Å².